The Morgan fingerprint density at radius 3 is 2.68 bits per heavy atom. The molecule has 0 spiro atoms. The topological polar surface area (TPSA) is 72.8 Å². The molecular weight excluding hydrogens is 278 g/mol. The molecular formula is C17H17N3O2. The average molecular weight is 295 g/mol. The van der Waals surface area contributed by atoms with E-state index in [2.05, 4.69) is 10.3 Å². The van der Waals surface area contributed by atoms with Crippen molar-refractivity contribution in [1.29, 1.82) is 0 Å². The lowest BCUT2D eigenvalue weighted by Gasteiger charge is -2.06. The van der Waals surface area contributed by atoms with Crippen LogP contribution in [0.15, 0.2) is 64.0 Å². The quantitative estimate of drug-likeness (QED) is 0.572. The summed E-state index contributed by atoms with van der Waals surface area (Å²) in [6.07, 6.45) is 0. The molecule has 3 N–H and O–H groups in total. The SMILES string of the molecule is COc1ccc(NC(N)=NCc2cc3ccccc3o2)cc1. The van der Waals surface area contributed by atoms with E-state index >= 15 is 0 Å². The van der Waals surface area contributed by atoms with Gasteiger partial charge in [0.25, 0.3) is 0 Å². The van der Waals surface area contributed by atoms with Gasteiger partial charge in [0.05, 0.1) is 7.11 Å². The van der Waals surface area contributed by atoms with Crippen LogP contribution in [-0.4, -0.2) is 13.1 Å². The summed E-state index contributed by atoms with van der Waals surface area (Å²) in [6, 6.07) is 17.3. The van der Waals surface area contributed by atoms with Crippen molar-refractivity contribution < 1.29 is 9.15 Å². The lowest BCUT2D eigenvalue weighted by atomic mass is 10.2. The molecule has 5 heteroatoms. The van der Waals surface area contributed by atoms with E-state index in [9.17, 15) is 0 Å². The first-order valence-electron chi connectivity index (χ1n) is 6.93. The lowest BCUT2D eigenvalue weighted by molar-refractivity contribution is 0.415. The summed E-state index contributed by atoms with van der Waals surface area (Å²) in [7, 11) is 1.63. The highest BCUT2D eigenvalue weighted by Gasteiger charge is 2.02. The maximum atomic E-state index is 5.88. The number of hydrogen-bond donors (Lipinski definition) is 2. The van der Waals surface area contributed by atoms with Gasteiger partial charge in [-0.2, -0.15) is 0 Å². The summed E-state index contributed by atoms with van der Waals surface area (Å²) in [5.74, 6) is 1.91. The van der Waals surface area contributed by atoms with Crippen LogP contribution in [0.3, 0.4) is 0 Å². The molecule has 3 rings (SSSR count). The first kappa shape index (κ1) is 14.0. The van der Waals surface area contributed by atoms with Gasteiger partial charge in [0.15, 0.2) is 5.96 Å². The van der Waals surface area contributed by atoms with Crippen molar-refractivity contribution in [3.05, 3.63) is 60.4 Å². The maximum absolute atomic E-state index is 5.88. The van der Waals surface area contributed by atoms with E-state index in [0.29, 0.717) is 12.5 Å². The van der Waals surface area contributed by atoms with Gasteiger partial charge < -0.3 is 20.2 Å². The molecule has 112 valence electrons. The largest absolute Gasteiger partial charge is 0.497 e. The summed E-state index contributed by atoms with van der Waals surface area (Å²) in [4.78, 5) is 4.29. The van der Waals surface area contributed by atoms with Gasteiger partial charge in [0, 0.05) is 11.1 Å². The predicted molar refractivity (Wildman–Crippen MR) is 88.2 cm³/mol. The number of aliphatic imine (C=N–C) groups is 1. The van der Waals surface area contributed by atoms with Crippen LogP contribution in [0.4, 0.5) is 5.69 Å². The molecule has 0 saturated heterocycles. The summed E-state index contributed by atoms with van der Waals surface area (Å²) in [5.41, 5.74) is 7.59. The summed E-state index contributed by atoms with van der Waals surface area (Å²) in [5, 5.41) is 4.09. The Kier molecular flexibility index (Phi) is 3.96. The highest BCUT2D eigenvalue weighted by atomic mass is 16.5. The van der Waals surface area contributed by atoms with Gasteiger partial charge in [-0.05, 0) is 36.4 Å². The molecule has 0 fully saturated rings. The predicted octanol–water partition coefficient (Wildman–Crippen LogP) is 3.37. The van der Waals surface area contributed by atoms with E-state index in [-0.39, 0.29) is 0 Å². The molecule has 0 aliphatic heterocycles. The minimum atomic E-state index is 0.339. The second-order valence-corrected chi connectivity index (χ2v) is 4.81. The first-order valence-corrected chi connectivity index (χ1v) is 6.93. The van der Waals surface area contributed by atoms with E-state index in [1.807, 2.05) is 54.6 Å². The Hall–Kier alpha value is -2.95. The highest BCUT2D eigenvalue weighted by molar-refractivity contribution is 5.92. The number of methoxy groups -OCH3 is 1. The highest BCUT2D eigenvalue weighted by Crippen LogP contribution is 2.19. The molecule has 0 amide bonds. The van der Waals surface area contributed by atoms with Crippen LogP contribution in [0.5, 0.6) is 5.75 Å². The third-order valence-electron chi connectivity index (χ3n) is 3.24. The van der Waals surface area contributed by atoms with Crippen LogP contribution in [0.25, 0.3) is 11.0 Å². The molecule has 0 atom stereocenters. The molecule has 0 bridgehead atoms. The van der Waals surface area contributed by atoms with Crippen LogP contribution in [0.2, 0.25) is 0 Å². The number of benzene rings is 2. The summed E-state index contributed by atoms with van der Waals surface area (Å²) in [6.45, 7) is 0.393. The fraction of sp³-hybridized carbons (Fsp3) is 0.118. The van der Waals surface area contributed by atoms with Crippen molar-refractivity contribution in [1.82, 2.24) is 0 Å². The van der Waals surface area contributed by atoms with E-state index < -0.39 is 0 Å². The minimum absolute atomic E-state index is 0.339. The first-order chi connectivity index (χ1) is 10.7. The molecule has 0 aliphatic carbocycles. The van der Waals surface area contributed by atoms with E-state index in [4.69, 9.17) is 14.9 Å². The second-order valence-electron chi connectivity index (χ2n) is 4.81. The maximum Gasteiger partial charge on any atom is 0.193 e. The van der Waals surface area contributed by atoms with Crippen LogP contribution < -0.4 is 15.8 Å². The molecule has 22 heavy (non-hydrogen) atoms. The molecule has 2 aromatic carbocycles. The summed E-state index contributed by atoms with van der Waals surface area (Å²) >= 11 is 0. The Morgan fingerprint density at radius 1 is 1.18 bits per heavy atom. The molecule has 0 saturated carbocycles. The third-order valence-corrected chi connectivity index (χ3v) is 3.24. The molecule has 0 radical (unpaired) electrons. The average Bonchev–Trinajstić information content (AvgIpc) is 2.96. The normalized spacial score (nSPS) is 11.6. The van der Waals surface area contributed by atoms with Crippen LogP contribution in [0.1, 0.15) is 5.76 Å². The van der Waals surface area contributed by atoms with Crippen molar-refractivity contribution in [3.63, 3.8) is 0 Å². The number of rotatable bonds is 4. The van der Waals surface area contributed by atoms with Crippen LogP contribution in [0, 0.1) is 0 Å². The van der Waals surface area contributed by atoms with Crippen LogP contribution in [-0.2, 0) is 6.54 Å². The van der Waals surface area contributed by atoms with Gasteiger partial charge in [-0.25, -0.2) is 4.99 Å². The lowest BCUT2D eigenvalue weighted by Crippen LogP contribution is -2.22. The molecule has 3 aromatic rings. The fourth-order valence-electron chi connectivity index (χ4n) is 2.14. The fourth-order valence-corrected chi connectivity index (χ4v) is 2.14. The number of nitrogens with one attached hydrogen (secondary N) is 1. The molecule has 1 aromatic heterocycles. The number of nitrogens with zero attached hydrogens (tertiary/aromatic N) is 1. The Bertz CT molecular complexity index is 758. The number of ether oxygens (including phenoxy) is 1. The standard InChI is InChI=1S/C17H17N3O2/c1-21-14-8-6-13(7-9-14)20-17(18)19-11-15-10-12-4-2-3-5-16(12)22-15/h2-10H,11H2,1H3,(H3,18,19,20). The molecule has 5 nitrogen and oxygen atoms in total. The second kappa shape index (κ2) is 6.22. The van der Waals surface area contributed by atoms with Crippen molar-refractivity contribution >= 4 is 22.6 Å². The van der Waals surface area contributed by atoms with Gasteiger partial charge in [-0.3, -0.25) is 0 Å². The Balaban J connectivity index is 1.66. The number of hydrogen-bond acceptors (Lipinski definition) is 3. The van der Waals surface area contributed by atoms with E-state index in [0.717, 1.165) is 28.2 Å². The number of anilines is 1. The molecule has 1 heterocycles. The third kappa shape index (κ3) is 3.20. The minimum Gasteiger partial charge on any atom is -0.497 e. The monoisotopic (exact) mass is 295 g/mol. The van der Waals surface area contributed by atoms with Gasteiger partial charge in [0.2, 0.25) is 0 Å². The zero-order valence-electron chi connectivity index (χ0n) is 12.2. The van der Waals surface area contributed by atoms with Gasteiger partial charge in [0.1, 0.15) is 23.6 Å². The van der Waals surface area contributed by atoms with E-state index in [1.54, 1.807) is 7.11 Å². The zero-order chi connectivity index (χ0) is 15.4. The number of guanidine groups is 1. The van der Waals surface area contributed by atoms with Crippen molar-refractivity contribution in [3.8, 4) is 5.75 Å². The number of fused-ring (bicyclic) bond motifs is 1. The van der Waals surface area contributed by atoms with E-state index in [1.165, 1.54) is 0 Å². The molecule has 0 unspecified atom stereocenters. The number of nitrogens with two attached hydrogens (primary N) is 1. The van der Waals surface area contributed by atoms with Crippen LogP contribution >= 0.6 is 0 Å². The zero-order valence-corrected chi connectivity index (χ0v) is 12.2. The van der Waals surface area contributed by atoms with Crippen molar-refractivity contribution in [2.75, 3.05) is 12.4 Å². The Labute approximate surface area is 128 Å². The summed E-state index contributed by atoms with van der Waals surface area (Å²) < 4.78 is 10.8. The van der Waals surface area contributed by atoms with Crippen molar-refractivity contribution in [2.24, 2.45) is 10.7 Å². The molecule has 0 aliphatic rings. The smallest absolute Gasteiger partial charge is 0.193 e. The number of para-hydroxylation sites is 1. The van der Waals surface area contributed by atoms with Crippen molar-refractivity contribution in [2.45, 2.75) is 6.54 Å². The van der Waals surface area contributed by atoms with Gasteiger partial charge >= 0.3 is 0 Å². The Morgan fingerprint density at radius 2 is 1.95 bits per heavy atom. The number of furan rings is 1. The van der Waals surface area contributed by atoms with Gasteiger partial charge in [-0.15, -0.1) is 0 Å². The van der Waals surface area contributed by atoms with Gasteiger partial charge in [-0.1, -0.05) is 18.2 Å².